The molecule has 0 aliphatic rings. The second-order valence-corrected chi connectivity index (χ2v) is 5.67. The number of benzene rings is 1. The summed E-state index contributed by atoms with van der Waals surface area (Å²) in [4.78, 5) is 25.7. The first kappa shape index (κ1) is 18.5. The van der Waals surface area contributed by atoms with Gasteiger partial charge in [-0.3, -0.25) is 4.68 Å². The highest BCUT2D eigenvalue weighted by molar-refractivity contribution is 6.00. The summed E-state index contributed by atoms with van der Waals surface area (Å²) >= 11 is 0. The topological polar surface area (TPSA) is 88.5 Å². The zero-order valence-corrected chi connectivity index (χ0v) is 14.7. The van der Waals surface area contributed by atoms with Crippen molar-refractivity contribution in [2.75, 3.05) is 37.9 Å². The maximum atomic E-state index is 12.0. The molecule has 0 unspecified atom stereocenters. The lowest BCUT2D eigenvalue weighted by Gasteiger charge is -2.09. The number of hydrogen-bond donors (Lipinski definition) is 2. The molecule has 0 saturated carbocycles. The van der Waals surface area contributed by atoms with Gasteiger partial charge in [0.25, 0.3) is 0 Å². The van der Waals surface area contributed by atoms with Crippen LogP contribution in [0.1, 0.15) is 17.3 Å². The fourth-order valence-corrected chi connectivity index (χ4v) is 2.05. The zero-order valence-electron chi connectivity index (χ0n) is 14.7. The molecule has 1 aromatic carbocycles. The monoisotopic (exact) mass is 345 g/mol. The first-order valence-corrected chi connectivity index (χ1v) is 8.00. The molecular formula is C17H23N5O3. The fraction of sp³-hybridized carbons (Fsp3) is 0.353. The largest absolute Gasteiger partial charge is 0.462 e. The normalized spacial score (nSPS) is 10.6. The molecule has 1 heterocycles. The van der Waals surface area contributed by atoms with Crippen molar-refractivity contribution in [3.05, 3.63) is 42.2 Å². The molecule has 2 aromatic rings. The lowest BCUT2D eigenvalue weighted by Crippen LogP contribution is -2.19. The molecule has 2 N–H and O–H groups in total. The highest BCUT2D eigenvalue weighted by Crippen LogP contribution is 2.12. The molecule has 0 aliphatic carbocycles. The van der Waals surface area contributed by atoms with Crippen LogP contribution in [0, 0.1) is 0 Å². The van der Waals surface area contributed by atoms with E-state index in [4.69, 9.17) is 4.74 Å². The maximum absolute atomic E-state index is 12.0. The molecule has 2 amide bonds. The third kappa shape index (κ3) is 5.92. The number of carbonyl (C=O) groups excluding carboxylic acids is 2. The van der Waals surface area contributed by atoms with Gasteiger partial charge in [0.1, 0.15) is 0 Å². The van der Waals surface area contributed by atoms with Gasteiger partial charge in [-0.25, -0.2) is 9.59 Å². The fourth-order valence-electron chi connectivity index (χ4n) is 2.05. The van der Waals surface area contributed by atoms with Gasteiger partial charge in [-0.1, -0.05) is 0 Å². The summed E-state index contributed by atoms with van der Waals surface area (Å²) < 4.78 is 6.68. The van der Waals surface area contributed by atoms with E-state index < -0.39 is 0 Å². The van der Waals surface area contributed by atoms with Gasteiger partial charge in [0, 0.05) is 18.4 Å². The van der Waals surface area contributed by atoms with E-state index in [2.05, 4.69) is 20.6 Å². The maximum Gasteiger partial charge on any atom is 0.338 e. The number of urea groups is 1. The molecule has 0 bridgehead atoms. The predicted octanol–water partition coefficient (Wildman–Crippen LogP) is 2.27. The molecule has 0 aliphatic heterocycles. The van der Waals surface area contributed by atoms with Crippen LogP contribution in [0.4, 0.5) is 16.2 Å². The zero-order chi connectivity index (χ0) is 18.2. The van der Waals surface area contributed by atoms with E-state index >= 15 is 0 Å². The lowest BCUT2D eigenvalue weighted by molar-refractivity contribution is 0.0526. The van der Waals surface area contributed by atoms with Crippen molar-refractivity contribution in [1.29, 1.82) is 0 Å². The molecule has 2 rings (SSSR count). The van der Waals surface area contributed by atoms with E-state index in [9.17, 15) is 9.59 Å². The Balaban J connectivity index is 1.86. The van der Waals surface area contributed by atoms with E-state index in [-0.39, 0.29) is 12.0 Å². The molecule has 1 aromatic heterocycles. The number of nitrogens with zero attached hydrogens (tertiary/aromatic N) is 3. The van der Waals surface area contributed by atoms with Gasteiger partial charge in [0.15, 0.2) is 0 Å². The number of nitrogens with one attached hydrogen (secondary N) is 2. The Bertz CT molecular complexity index is 709. The van der Waals surface area contributed by atoms with Crippen LogP contribution in [0.2, 0.25) is 0 Å². The molecular weight excluding hydrogens is 322 g/mol. The van der Waals surface area contributed by atoms with Crippen molar-refractivity contribution in [1.82, 2.24) is 14.7 Å². The minimum Gasteiger partial charge on any atom is -0.462 e. The van der Waals surface area contributed by atoms with Crippen LogP contribution >= 0.6 is 0 Å². The van der Waals surface area contributed by atoms with Crippen LogP contribution in [0.5, 0.6) is 0 Å². The van der Waals surface area contributed by atoms with Crippen LogP contribution in [-0.2, 0) is 11.3 Å². The van der Waals surface area contributed by atoms with Gasteiger partial charge < -0.3 is 20.3 Å². The summed E-state index contributed by atoms with van der Waals surface area (Å²) in [5, 5.41) is 9.61. The second-order valence-electron chi connectivity index (χ2n) is 5.67. The molecule has 0 spiro atoms. The van der Waals surface area contributed by atoms with Gasteiger partial charge in [0.2, 0.25) is 0 Å². The molecule has 8 heteroatoms. The summed E-state index contributed by atoms with van der Waals surface area (Å²) in [5.41, 5.74) is 1.62. The van der Waals surface area contributed by atoms with Crippen molar-refractivity contribution in [3.8, 4) is 0 Å². The van der Waals surface area contributed by atoms with Crippen LogP contribution in [0.15, 0.2) is 36.7 Å². The number of ether oxygens (including phenoxy) is 1. The number of carbonyl (C=O) groups is 2. The Morgan fingerprint density at radius 3 is 2.48 bits per heavy atom. The van der Waals surface area contributed by atoms with Crippen LogP contribution in [0.25, 0.3) is 0 Å². The van der Waals surface area contributed by atoms with E-state index in [1.54, 1.807) is 48.3 Å². The Morgan fingerprint density at radius 2 is 1.84 bits per heavy atom. The minimum absolute atomic E-state index is 0.323. The molecule has 8 nitrogen and oxygen atoms in total. The molecule has 0 atom stereocenters. The van der Waals surface area contributed by atoms with Gasteiger partial charge >= 0.3 is 12.0 Å². The van der Waals surface area contributed by atoms with Crippen LogP contribution in [-0.4, -0.2) is 53.9 Å². The van der Waals surface area contributed by atoms with Crippen molar-refractivity contribution in [2.45, 2.75) is 13.5 Å². The van der Waals surface area contributed by atoms with Gasteiger partial charge in [-0.15, -0.1) is 0 Å². The molecule has 0 saturated heterocycles. The van der Waals surface area contributed by atoms with Crippen molar-refractivity contribution in [2.24, 2.45) is 0 Å². The predicted molar refractivity (Wildman–Crippen MR) is 95.8 cm³/mol. The van der Waals surface area contributed by atoms with E-state index in [1.807, 2.05) is 14.1 Å². The number of esters is 1. The average molecular weight is 345 g/mol. The van der Waals surface area contributed by atoms with Gasteiger partial charge in [-0.2, -0.15) is 5.10 Å². The van der Waals surface area contributed by atoms with E-state index in [0.717, 1.165) is 13.1 Å². The summed E-state index contributed by atoms with van der Waals surface area (Å²) in [7, 11) is 3.98. The third-order valence-electron chi connectivity index (χ3n) is 3.32. The highest BCUT2D eigenvalue weighted by Gasteiger charge is 2.08. The quantitative estimate of drug-likeness (QED) is 0.752. The first-order chi connectivity index (χ1) is 12.0. The number of aromatic nitrogens is 2. The second kappa shape index (κ2) is 8.84. The minimum atomic E-state index is -0.386. The standard InChI is InChI=1S/C17H23N5O3/c1-4-25-16(23)13-5-7-14(8-6-13)19-17(24)20-15-11-18-22(12-15)10-9-21(2)3/h5-8,11-12H,4,9-10H2,1-3H3,(H2,19,20,24). The van der Waals surface area contributed by atoms with Crippen LogP contribution in [0.3, 0.4) is 0 Å². The molecule has 0 fully saturated rings. The average Bonchev–Trinajstić information content (AvgIpc) is 3.01. The number of hydrogen-bond acceptors (Lipinski definition) is 5. The van der Waals surface area contributed by atoms with Crippen molar-refractivity contribution >= 4 is 23.4 Å². The third-order valence-corrected chi connectivity index (χ3v) is 3.32. The Hall–Kier alpha value is -2.87. The molecule has 25 heavy (non-hydrogen) atoms. The summed E-state index contributed by atoms with van der Waals surface area (Å²) in [6.07, 6.45) is 3.37. The molecule has 0 radical (unpaired) electrons. The van der Waals surface area contributed by atoms with Gasteiger partial charge in [-0.05, 0) is 45.3 Å². The molecule has 134 valence electrons. The van der Waals surface area contributed by atoms with Crippen molar-refractivity contribution < 1.29 is 14.3 Å². The first-order valence-electron chi connectivity index (χ1n) is 8.00. The highest BCUT2D eigenvalue weighted by atomic mass is 16.5. The van der Waals surface area contributed by atoms with E-state index in [0.29, 0.717) is 23.5 Å². The summed E-state index contributed by atoms with van der Waals surface area (Å²) in [6.45, 7) is 3.68. The Kier molecular flexibility index (Phi) is 6.53. The number of likely N-dealkylation sites (N-methyl/N-ethyl adjacent to an activating group) is 1. The number of rotatable bonds is 7. The number of amides is 2. The smallest absolute Gasteiger partial charge is 0.338 e. The Labute approximate surface area is 146 Å². The summed E-state index contributed by atoms with van der Waals surface area (Å²) in [6, 6.07) is 6.12. The van der Waals surface area contributed by atoms with E-state index in [1.165, 1.54) is 0 Å². The SMILES string of the molecule is CCOC(=O)c1ccc(NC(=O)Nc2cnn(CCN(C)C)c2)cc1. The van der Waals surface area contributed by atoms with Crippen LogP contribution < -0.4 is 10.6 Å². The van der Waals surface area contributed by atoms with Crippen molar-refractivity contribution in [3.63, 3.8) is 0 Å². The van der Waals surface area contributed by atoms with Gasteiger partial charge in [0.05, 0.1) is 30.6 Å². The lowest BCUT2D eigenvalue weighted by atomic mass is 10.2. The number of anilines is 2. The summed E-state index contributed by atoms with van der Waals surface area (Å²) in [5.74, 6) is -0.386. The Morgan fingerprint density at radius 1 is 1.16 bits per heavy atom.